The monoisotopic (exact) mass is 264 g/mol. The van der Waals surface area contributed by atoms with Crippen LogP contribution in [0.3, 0.4) is 0 Å². The van der Waals surface area contributed by atoms with E-state index in [9.17, 15) is 9.59 Å². The van der Waals surface area contributed by atoms with Crippen LogP contribution >= 0.6 is 0 Å². The van der Waals surface area contributed by atoms with Crippen LogP contribution in [0.1, 0.15) is 23.0 Å². The van der Waals surface area contributed by atoms with E-state index in [0.717, 1.165) is 0 Å². The molecule has 0 aliphatic carbocycles. The van der Waals surface area contributed by atoms with E-state index in [4.69, 9.17) is 5.73 Å². The normalized spacial score (nSPS) is 10.1. The molecular weight excluding hydrogens is 244 g/mol. The molecular formula is C13H20N4O2. The molecule has 1 aromatic heterocycles. The van der Waals surface area contributed by atoms with Gasteiger partial charge in [0.25, 0.3) is 5.91 Å². The summed E-state index contributed by atoms with van der Waals surface area (Å²) in [6.45, 7) is 2.66. The van der Waals surface area contributed by atoms with Gasteiger partial charge in [0.1, 0.15) is 0 Å². The molecule has 0 aliphatic rings. The summed E-state index contributed by atoms with van der Waals surface area (Å²) in [5.41, 5.74) is 6.66. The minimum atomic E-state index is -0.185. The fourth-order valence-corrected chi connectivity index (χ4v) is 1.54. The minimum Gasteiger partial charge on any atom is -0.347 e. The van der Waals surface area contributed by atoms with E-state index in [1.165, 1.54) is 9.80 Å². The predicted molar refractivity (Wildman–Crippen MR) is 72.4 cm³/mol. The quantitative estimate of drug-likeness (QED) is 0.817. The molecule has 0 radical (unpaired) electrons. The SMILES string of the molecule is CCN(CC(=O)N(C)C)C(=O)c1ccnc(CN)c1. The lowest BCUT2D eigenvalue weighted by atomic mass is 10.2. The van der Waals surface area contributed by atoms with Crippen LogP contribution in [-0.4, -0.2) is 53.8 Å². The van der Waals surface area contributed by atoms with Crippen molar-refractivity contribution in [2.45, 2.75) is 13.5 Å². The first-order chi connectivity index (χ1) is 8.99. The molecule has 104 valence electrons. The molecule has 0 saturated carbocycles. The summed E-state index contributed by atoms with van der Waals surface area (Å²) >= 11 is 0. The Morgan fingerprint density at radius 3 is 2.58 bits per heavy atom. The van der Waals surface area contributed by atoms with Crippen molar-refractivity contribution in [3.8, 4) is 0 Å². The maximum absolute atomic E-state index is 12.3. The summed E-state index contributed by atoms with van der Waals surface area (Å²) in [6, 6.07) is 3.29. The molecule has 1 aromatic rings. The van der Waals surface area contributed by atoms with Crippen molar-refractivity contribution in [1.29, 1.82) is 0 Å². The van der Waals surface area contributed by atoms with Gasteiger partial charge in [0.15, 0.2) is 0 Å². The van der Waals surface area contributed by atoms with Gasteiger partial charge in [-0.3, -0.25) is 14.6 Å². The minimum absolute atomic E-state index is 0.0720. The molecule has 0 saturated heterocycles. The number of carbonyl (C=O) groups excluding carboxylic acids is 2. The molecule has 0 unspecified atom stereocenters. The first-order valence-corrected chi connectivity index (χ1v) is 6.14. The van der Waals surface area contributed by atoms with E-state index in [1.54, 1.807) is 32.4 Å². The Morgan fingerprint density at radius 1 is 1.37 bits per heavy atom. The van der Waals surface area contributed by atoms with Crippen molar-refractivity contribution in [2.24, 2.45) is 5.73 Å². The van der Waals surface area contributed by atoms with Crippen molar-refractivity contribution in [1.82, 2.24) is 14.8 Å². The molecule has 0 fully saturated rings. The molecule has 1 heterocycles. The Balaban J connectivity index is 2.86. The van der Waals surface area contributed by atoms with Crippen molar-refractivity contribution in [3.63, 3.8) is 0 Å². The third kappa shape index (κ3) is 4.03. The van der Waals surface area contributed by atoms with E-state index in [-0.39, 0.29) is 24.9 Å². The molecule has 0 aliphatic heterocycles. The van der Waals surface area contributed by atoms with E-state index in [1.807, 2.05) is 6.92 Å². The molecule has 1 rings (SSSR count). The Bertz CT molecular complexity index is 460. The van der Waals surface area contributed by atoms with Crippen LogP contribution in [0.25, 0.3) is 0 Å². The molecule has 0 aromatic carbocycles. The summed E-state index contributed by atoms with van der Waals surface area (Å²) in [7, 11) is 3.33. The van der Waals surface area contributed by atoms with Crippen LogP contribution in [-0.2, 0) is 11.3 Å². The number of aromatic nitrogens is 1. The molecule has 2 amide bonds. The first kappa shape index (κ1) is 15.1. The molecule has 6 nitrogen and oxygen atoms in total. The van der Waals surface area contributed by atoms with Crippen LogP contribution < -0.4 is 5.73 Å². The number of hydrogen-bond donors (Lipinski definition) is 1. The molecule has 0 bridgehead atoms. The van der Waals surface area contributed by atoms with Gasteiger partial charge in [-0.25, -0.2) is 0 Å². The lowest BCUT2D eigenvalue weighted by Crippen LogP contribution is -2.40. The number of carbonyl (C=O) groups is 2. The van der Waals surface area contributed by atoms with Gasteiger partial charge in [-0.15, -0.1) is 0 Å². The fraction of sp³-hybridized carbons (Fsp3) is 0.462. The lowest BCUT2D eigenvalue weighted by Gasteiger charge is -2.22. The van der Waals surface area contributed by atoms with Gasteiger partial charge >= 0.3 is 0 Å². The highest BCUT2D eigenvalue weighted by atomic mass is 16.2. The first-order valence-electron chi connectivity index (χ1n) is 6.14. The van der Waals surface area contributed by atoms with Crippen molar-refractivity contribution in [3.05, 3.63) is 29.6 Å². The van der Waals surface area contributed by atoms with Crippen LogP contribution in [0.4, 0.5) is 0 Å². The number of rotatable bonds is 5. The summed E-state index contributed by atoms with van der Waals surface area (Å²) in [4.78, 5) is 31.0. The average Bonchev–Trinajstić information content (AvgIpc) is 2.43. The lowest BCUT2D eigenvalue weighted by molar-refractivity contribution is -0.129. The summed E-state index contributed by atoms with van der Waals surface area (Å²) in [6.07, 6.45) is 1.55. The van der Waals surface area contributed by atoms with Gasteiger partial charge in [-0.1, -0.05) is 0 Å². The van der Waals surface area contributed by atoms with Crippen LogP contribution in [0.5, 0.6) is 0 Å². The zero-order valence-electron chi connectivity index (χ0n) is 11.6. The number of amides is 2. The zero-order valence-corrected chi connectivity index (χ0v) is 11.6. The predicted octanol–water partition coefficient (Wildman–Crippen LogP) is 0.0906. The van der Waals surface area contributed by atoms with Gasteiger partial charge < -0.3 is 15.5 Å². The maximum Gasteiger partial charge on any atom is 0.254 e. The molecule has 6 heteroatoms. The maximum atomic E-state index is 12.3. The second-order valence-electron chi connectivity index (χ2n) is 4.35. The van der Waals surface area contributed by atoms with E-state index >= 15 is 0 Å². The standard InChI is InChI=1S/C13H20N4O2/c1-4-17(9-12(18)16(2)3)13(19)10-5-6-15-11(7-10)8-14/h5-7H,4,8-9,14H2,1-3H3. The topological polar surface area (TPSA) is 79.5 Å². The van der Waals surface area contributed by atoms with E-state index in [0.29, 0.717) is 17.8 Å². The van der Waals surface area contributed by atoms with Gasteiger partial charge in [0.05, 0.1) is 12.2 Å². The Morgan fingerprint density at radius 2 is 2.05 bits per heavy atom. The Kier molecular flexibility index (Phi) is 5.44. The van der Waals surface area contributed by atoms with Crippen LogP contribution in [0.15, 0.2) is 18.3 Å². The number of likely N-dealkylation sites (N-methyl/N-ethyl adjacent to an activating group) is 2. The smallest absolute Gasteiger partial charge is 0.254 e. The van der Waals surface area contributed by atoms with Gasteiger partial charge in [0.2, 0.25) is 5.91 Å². The largest absolute Gasteiger partial charge is 0.347 e. The van der Waals surface area contributed by atoms with Crippen molar-refractivity contribution >= 4 is 11.8 Å². The van der Waals surface area contributed by atoms with Crippen molar-refractivity contribution in [2.75, 3.05) is 27.2 Å². The highest BCUT2D eigenvalue weighted by molar-refractivity contribution is 5.96. The third-order valence-electron chi connectivity index (χ3n) is 2.77. The highest BCUT2D eigenvalue weighted by Crippen LogP contribution is 2.06. The highest BCUT2D eigenvalue weighted by Gasteiger charge is 2.18. The Hall–Kier alpha value is -1.95. The van der Waals surface area contributed by atoms with E-state index in [2.05, 4.69) is 4.98 Å². The van der Waals surface area contributed by atoms with E-state index < -0.39 is 0 Å². The fourth-order valence-electron chi connectivity index (χ4n) is 1.54. The number of hydrogen-bond acceptors (Lipinski definition) is 4. The second kappa shape index (κ2) is 6.84. The molecule has 0 spiro atoms. The summed E-state index contributed by atoms with van der Waals surface area (Å²) in [5, 5.41) is 0. The molecule has 2 N–H and O–H groups in total. The van der Waals surface area contributed by atoms with Gasteiger partial charge in [0, 0.05) is 38.9 Å². The van der Waals surface area contributed by atoms with Crippen molar-refractivity contribution < 1.29 is 9.59 Å². The molecule has 19 heavy (non-hydrogen) atoms. The third-order valence-corrected chi connectivity index (χ3v) is 2.77. The number of pyridine rings is 1. The zero-order chi connectivity index (χ0) is 14.4. The Labute approximate surface area is 113 Å². The second-order valence-corrected chi connectivity index (χ2v) is 4.35. The average molecular weight is 264 g/mol. The van der Waals surface area contributed by atoms with Crippen LogP contribution in [0.2, 0.25) is 0 Å². The summed E-state index contributed by atoms with van der Waals surface area (Å²) < 4.78 is 0. The van der Waals surface area contributed by atoms with Gasteiger partial charge in [-0.2, -0.15) is 0 Å². The van der Waals surface area contributed by atoms with Gasteiger partial charge in [-0.05, 0) is 19.1 Å². The number of nitrogens with zero attached hydrogens (tertiary/aromatic N) is 3. The van der Waals surface area contributed by atoms with Crippen LogP contribution in [0, 0.1) is 0 Å². The number of nitrogens with two attached hydrogens (primary N) is 1. The molecule has 0 atom stereocenters. The summed E-state index contributed by atoms with van der Waals surface area (Å²) in [5.74, 6) is -0.293.